The summed E-state index contributed by atoms with van der Waals surface area (Å²) in [5.41, 5.74) is 6.29. The lowest BCUT2D eigenvalue weighted by Crippen LogP contribution is -2.46. The highest BCUT2D eigenvalue weighted by Gasteiger charge is 2.36. The van der Waals surface area contributed by atoms with Crippen molar-refractivity contribution in [1.29, 1.82) is 0 Å². The Balaban J connectivity index is 2.21. The number of thioether (sulfide) groups is 1. The van der Waals surface area contributed by atoms with Crippen molar-refractivity contribution in [3.05, 3.63) is 0 Å². The summed E-state index contributed by atoms with van der Waals surface area (Å²) >= 11 is 1.92. The van der Waals surface area contributed by atoms with Crippen LogP contribution in [0.1, 0.15) is 19.3 Å². The SMILES string of the molecule is CSCCN(C)CC1(CN)CCC1. The highest BCUT2D eigenvalue weighted by Crippen LogP contribution is 2.40. The van der Waals surface area contributed by atoms with Gasteiger partial charge < -0.3 is 10.6 Å². The van der Waals surface area contributed by atoms with Gasteiger partial charge in [0.15, 0.2) is 0 Å². The Morgan fingerprint density at radius 1 is 1.46 bits per heavy atom. The fourth-order valence-corrected chi connectivity index (χ4v) is 2.50. The van der Waals surface area contributed by atoms with Crippen LogP contribution in [-0.2, 0) is 0 Å². The van der Waals surface area contributed by atoms with E-state index in [4.69, 9.17) is 5.73 Å². The summed E-state index contributed by atoms with van der Waals surface area (Å²) in [5.74, 6) is 1.23. The Morgan fingerprint density at radius 3 is 2.54 bits per heavy atom. The lowest BCUT2D eigenvalue weighted by atomic mass is 9.68. The Bertz CT molecular complexity index is 140. The molecule has 13 heavy (non-hydrogen) atoms. The van der Waals surface area contributed by atoms with Gasteiger partial charge >= 0.3 is 0 Å². The Hall–Kier alpha value is 0.270. The average molecular weight is 202 g/mol. The van der Waals surface area contributed by atoms with Crippen molar-refractivity contribution in [3.63, 3.8) is 0 Å². The van der Waals surface area contributed by atoms with Gasteiger partial charge in [0.2, 0.25) is 0 Å². The van der Waals surface area contributed by atoms with Crippen molar-refractivity contribution in [2.75, 3.05) is 38.7 Å². The van der Waals surface area contributed by atoms with Crippen molar-refractivity contribution in [2.24, 2.45) is 11.1 Å². The topological polar surface area (TPSA) is 29.3 Å². The fraction of sp³-hybridized carbons (Fsp3) is 1.00. The highest BCUT2D eigenvalue weighted by atomic mass is 32.2. The summed E-state index contributed by atoms with van der Waals surface area (Å²) in [6.45, 7) is 3.27. The van der Waals surface area contributed by atoms with Crippen LogP contribution >= 0.6 is 11.8 Å². The van der Waals surface area contributed by atoms with E-state index in [1.165, 1.54) is 38.1 Å². The van der Waals surface area contributed by atoms with E-state index < -0.39 is 0 Å². The minimum absolute atomic E-state index is 0.479. The monoisotopic (exact) mass is 202 g/mol. The Kier molecular flexibility index (Phi) is 4.56. The van der Waals surface area contributed by atoms with E-state index in [1.54, 1.807) is 0 Å². The van der Waals surface area contributed by atoms with Crippen LogP contribution in [0.3, 0.4) is 0 Å². The molecule has 1 saturated carbocycles. The molecule has 2 nitrogen and oxygen atoms in total. The Labute approximate surface area is 86.2 Å². The van der Waals surface area contributed by atoms with Gasteiger partial charge in [-0.15, -0.1) is 0 Å². The Morgan fingerprint density at radius 2 is 2.15 bits per heavy atom. The minimum Gasteiger partial charge on any atom is -0.330 e. The first-order chi connectivity index (χ1) is 6.22. The van der Waals surface area contributed by atoms with Gasteiger partial charge in [-0.05, 0) is 38.1 Å². The maximum Gasteiger partial charge on any atom is 0.00694 e. The number of hydrogen-bond acceptors (Lipinski definition) is 3. The van der Waals surface area contributed by atoms with Gasteiger partial charge in [0.1, 0.15) is 0 Å². The van der Waals surface area contributed by atoms with Gasteiger partial charge in [-0.3, -0.25) is 0 Å². The largest absolute Gasteiger partial charge is 0.330 e. The molecule has 1 aliphatic carbocycles. The highest BCUT2D eigenvalue weighted by molar-refractivity contribution is 7.98. The minimum atomic E-state index is 0.479. The van der Waals surface area contributed by atoms with Crippen molar-refractivity contribution in [3.8, 4) is 0 Å². The van der Waals surface area contributed by atoms with E-state index in [9.17, 15) is 0 Å². The second-order valence-corrected chi connectivity index (χ2v) is 5.27. The van der Waals surface area contributed by atoms with Crippen LogP contribution in [0, 0.1) is 5.41 Å². The maximum atomic E-state index is 5.81. The predicted molar refractivity (Wildman–Crippen MR) is 61.2 cm³/mol. The van der Waals surface area contributed by atoms with E-state index >= 15 is 0 Å². The fourth-order valence-electron chi connectivity index (χ4n) is 2.00. The molecule has 0 radical (unpaired) electrons. The lowest BCUT2D eigenvalue weighted by molar-refractivity contribution is 0.0907. The predicted octanol–water partition coefficient (Wildman–Crippen LogP) is 1.41. The van der Waals surface area contributed by atoms with E-state index in [0.29, 0.717) is 5.41 Å². The molecule has 0 aromatic rings. The second kappa shape index (κ2) is 5.23. The van der Waals surface area contributed by atoms with Gasteiger partial charge in [0, 0.05) is 18.8 Å². The van der Waals surface area contributed by atoms with E-state index in [0.717, 1.165) is 6.54 Å². The van der Waals surface area contributed by atoms with Gasteiger partial charge in [-0.25, -0.2) is 0 Å². The molecule has 0 saturated heterocycles. The molecule has 1 aliphatic rings. The first kappa shape index (κ1) is 11.3. The second-order valence-electron chi connectivity index (χ2n) is 4.29. The molecule has 0 bridgehead atoms. The summed E-state index contributed by atoms with van der Waals surface area (Å²) in [7, 11) is 2.21. The van der Waals surface area contributed by atoms with E-state index in [1.807, 2.05) is 11.8 Å². The summed E-state index contributed by atoms with van der Waals surface area (Å²) in [4.78, 5) is 2.43. The number of rotatable bonds is 6. The van der Waals surface area contributed by atoms with Crippen LogP contribution in [0.15, 0.2) is 0 Å². The lowest BCUT2D eigenvalue weighted by Gasteiger charge is -2.43. The third-order valence-corrected chi connectivity index (χ3v) is 3.72. The molecular weight excluding hydrogens is 180 g/mol. The molecule has 3 heteroatoms. The van der Waals surface area contributed by atoms with Gasteiger partial charge in [-0.1, -0.05) is 6.42 Å². The first-order valence-corrected chi connectivity index (χ1v) is 6.49. The average Bonchev–Trinajstić information content (AvgIpc) is 2.08. The number of nitrogens with two attached hydrogens (primary N) is 1. The summed E-state index contributed by atoms with van der Waals surface area (Å²) in [5, 5.41) is 0. The smallest absolute Gasteiger partial charge is 0.00694 e. The number of hydrogen-bond donors (Lipinski definition) is 1. The summed E-state index contributed by atoms with van der Waals surface area (Å²) in [6.07, 6.45) is 6.23. The van der Waals surface area contributed by atoms with Crippen LogP contribution in [0.5, 0.6) is 0 Å². The molecule has 2 N–H and O–H groups in total. The van der Waals surface area contributed by atoms with Crippen molar-refractivity contribution in [2.45, 2.75) is 19.3 Å². The quantitative estimate of drug-likeness (QED) is 0.706. The normalized spacial score (nSPS) is 20.3. The third kappa shape index (κ3) is 3.15. The van der Waals surface area contributed by atoms with Crippen LogP contribution < -0.4 is 5.73 Å². The molecule has 0 heterocycles. The molecule has 1 fully saturated rings. The zero-order valence-electron chi connectivity index (χ0n) is 8.88. The van der Waals surface area contributed by atoms with E-state index in [-0.39, 0.29) is 0 Å². The molecule has 0 amide bonds. The van der Waals surface area contributed by atoms with Gasteiger partial charge in [0.25, 0.3) is 0 Å². The molecule has 0 aliphatic heterocycles. The summed E-state index contributed by atoms with van der Waals surface area (Å²) in [6, 6.07) is 0. The molecule has 0 unspecified atom stereocenters. The zero-order chi connectivity index (χ0) is 9.73. The van der Waals surface area contributed by atoms with Crippen molar-refractivity contribution < 1.29 is 0 Å². The summed E-state index contributed by atoms with van der Waals surface area (Å²) < 4.78 is 0. The zero-order valence-corrected chi connectivity index (χ0v) is 9.70. The first-order valence-electron chi connectivity index (χ1n) is 5.10. The molecular formula is C10H22N2S. The van der Waals surface area contributed by atoms with Gasteiger partial charge in [-0.2, -0.15) is 11.8 Å². The van der Waals surface area contributed by atoms with Crippen LogP contribution in [0.25, 0.3) is 0 Å². The third-order valence-electron chi connectivity index (χ3n) is 3.13. The number of nitrogens with zero attached hydrogens (tertiary/aromatic N) is 1. The van der Waals surface area contributed by atoms with Crippen LogP contribution in [0.4, 0.5) is 0 Å². The van der Waals surface area contributed by atoms with Crippen molar-refractivity contribution in [1.82, 2.24) is 4.90 Å². The molecule has 78 valence electrons. The van der Waals surface area contributed by atoms with E-state index in [2.05, 4.69) is 18.2 Å². The van der Waals surface area contributed by atoms with Crippen molar-refractivity contribution >= 4 is 11.8 Å². The molecule has 0 spiro atoms. The molecule has 1 rings (SSSR count). The molecule has 0 aromatic heterocycles. The van der Waals surface area contributed by atoms with Crippen LogP contribution in [-0.4, -0.2) is 43.6 Å². The standard InChI is InChI=1S/C10H22N2S/c1-12(6-7-13-2)9-10(8-11)4-3-5-10/h3-9,11H2,1-2H3. The molecule has 0 atom stereocenters. The van der Waals surface area contributed by atoms with Gasteiger partial charge in [0.05, 0.1) is 0 Å². The maximum absolute atomic E-state index is 5.81. The molecule has 0 aromatic carbocycles. The van der Waals surface area contributed by atoms with Crippen LogP contribution in [0.2, 0.25) is 0 Å².